The number of rotatable bonds is 4. The number of aryl methyl sites for hydroxylation is 1. The molecule has 1 rings (SSSR count). The third kappa shape index (κ3) is 4.51. The fourth-order valence-electron chi connectivity index (χ4n) is 1.20. The number of carbonyl (C=O) groups is 1. The molecule has 0 aliphatic heterocycles. The average molecular weight is 383 g/mol. The van der Waals surface area contributed by atoms with Gasteiger partial charge < -0.3 is 4.74 Å². The van der Waals surface area contributed by atoms with Crippen molar-refractivity contribution in [2.24, 2.45) is 0 Å². The number of ether oxygens (including phenoxy) is 1. The van der Waals surface area contributed by atoms with Gasteiger partial charge >= 0.3 is 5.97 Å². The van der Waals surface area contributed by atoms with Crippen LogP contribution in [0, 0.1) is 3.57 Å². The van der Waals surface area contributed by atoms with Gasteiger partial charge in [-0.15, -0.1) is 0 Å². The fraction of sp³-hybridized carbons (Fsp3) is 0.364. The Morgan fingerprint density at radius 2 is 2.27 bits per heavy atom. The molecule has 0 atom stereocenters. The quantitative estimate of drug-likeness (QED) is 0.588. The second kappa shape index (κ2) is 6.48. The molecule has 0 aromatic heterocycles. The first-order valence-electron chi connectivity index (χ1n) is 4.73. The average Bonchev–Trinajstić information content (AvgIpc) is 2.20. The van der Waals surface area contributed by atoms with Crippen molar-refractivity contribution in [1.82, 2.24) is 0 Å². The van der Waals surface area contributed by atoms with Gasteiger partial charge in [-0.25, -0.2) is 0 Å². The zero-order valence-corrected chi connectivity index (χ0v) is 12.2. The molecule has 0 fully saturated rings. The molecule has 1 aromatic rings. The smallest absolute Gasteiger partial charge is 0.306 e. The highest BCUT2D eigenvalue weighted by molar-refractivity contribution is 14.1. The van der Waals surface area contributed by atoms with Gasteiger partial charge in [-0.05, 0) is 59.7 Å². The summed E-state index contributed by atoms with van der Waals surface area (Å²) in [5.41, 5.74) is 1.18. The molecular weight excluding hydrogens is 371 g/mol. The van der Waals surface area contributed by atoms with Crippen LogP contribution in [0.4, 0.5) is 0 Å². The molecular formula is C11H12BrIO2. The van der Waals surface area contributed by atoms with Crippen LogP contribution in [0.25, 0.3) is 0 Å². The second-order valence-electron chi connectivity index (χ2n) is 3.04. The first-order chi connectivity index (χ1) is 7.13. The predicted molar refractivity (Wildman–Crippen MR) is 71.8 cm³/mol. The highest BCUT2D eigenvalue weighted by Gasteiger charge is 2.05. The third-order valence-electron chi connectivity index (χ3n) is 1.91. The number of carbonyl (C=O) groups excluding carboxylic acids is 1. The number of halogens is 2. The minimum atomic E-state index is -0.131. The van der Waals surface area contributed by atoms with E-state index in [9.17, 15) is 4.79 Å². The van der Waals surface area contributed by atoms with Crippen LogP contribution in [0.3, 0.4) is 0 Å². The number of benzene rings is 1. The third-order valence-corrected chi connectivity index (χ3v) is 3.46. The number of esters is 1. The molecule has 0 bridgehead atoms. The van der Waals surface area contributed by atoms with Crippen LogP contribution < -0.4 is 0 Å². The molecule has 0 heterocycles. The van der Waals surface area contributed by atoms with Gasteiger partial charge in [0.05, 0.1) is 6.61 Å². The first-order valence-corrected chi connectivity index (χ1v) is 6.60. The summed E-state index contributed by atoms with van der Waals surface area (Å²) in [7, 11) is 0. The van der Waals surface area contributed by atoms with Crippen molar-refractivity contribution < 1.29 is 9.53 Å². The predicted octanol–water partition coefficient (Wildman–Crippen LogP) is 3.55. The van der Waals surface area contributed by atoms with Gasteiger partial charge in [0.15, 0.2) is 0 Å². The molecule has 0 aliphatic carbocycles. The van der Waals surface area contributed by atoms with Crippen molar-refractivity contribution in [1.29, 1.82) is 0 Å². The Kier molecular flexibility index (Phi) is 5.60. The van der Waals surface area contributed by atoms with Crippen molar-refractivity contribution in [3.8, 4) is 0 Å². The van der Waals surface area contributed by atoms with Gasteiger partial charge in [0.1, 0.15) is 0 Å². The van der Waals surface area contributed by atoms with E-state index in [1.165, 1.54) is 9.13 Å². The van der Waals surface area contributed by atoms with Crippen molar-refractivity contribution in [2.45, 2.75) is 19.8 Å². The van der Waals surface area contributed by atoms with Crippen LogP contribution in [0.5, 0.6) is 0 Å². The second-order valence-corrected chi connectivity index (χ2v) is 5.12. The maximum absolute atomic E-state index is 11.2. The summed E-state index contributed by atoms with van der Waals surface area (Å²) >= 11 is 5.69. The van der Waals surface area contributed by atoms with Gasteiger partial charge in [-0.2, -0.15) is 0 Å². The van der Waals surface area contributed by atoms with Crippen LogP contribution in [0.15, 0.2) is 22.7 Å². The fourth-order valence-corrected chi connectivity index (χ4v) is 2.22. The minimum Gasteiger partial charge on any atom is -0.466 e. The molecule has 0 N–H and O–H groups in total. The van der Waals surface area contributed by atoms with Crippen molar-refractivity contribution in [3.63, 3.8) is 0 Å². The maximum atomic E-state index is 11.2. The monoisotopic (exact) mass is 382 g/mol. The Morgan fingerprint density at radius 3 is 2.93 bits per heavy atom. The van der Waals surface area contributed by atoms with Gasteiger partial charge in [-0.3, -0.25) is 4.79 Å². The van der Waals surface area contributed by atoms with E-state index in [-0.39, 0.29) is 5.97 Å². The van der Waals surface area contributed by atoms with E-state index >= 15 is 0 Å². The molecule has 0 amide bonds. The number of hydrogen-bond acceptors (Lipinski definition) is 2. The van der Waals surface area contributed by atoms with Gasteiger partial charge in [0.2, 0.25) is 0 Å². The highest BCUT2D eigenvalue weighted by Crippen LogP contribution is 2.19. The molecule has 0 spiro atoms. The van der Waals surface area contributed by atoms with Crippen LogP contribution >= 0.6 is 38.5 Å². The number of hydrogen-bond donors (Lipinski definition) is 0. The standard InChI is InChI=1S/C11H12BrIO2/c1-2-15-11(14)6-3-8-7-9(12)4-5-10(8)13/h4-5,7H,2-3,6H2,1H3. The summed E-state index contributed by atoms with van der Waals surface area (Å²) in [6, 6.07) is 6.07. The van der Waals surface area contributed by atoms with E-state index < -0.39 is 0 Å². The molecule has 1 aromatic carbocycles. The van der Waals surface area contributed by atoms with Crippen LogP contribution in [0.2, 0.25) is 0 Å². The minimum absolute atomic E-state index is 0.131. The van der Waals surface area contributed by atoms with Gasteiger partial charge in [0, 0.05) is 14.5 Å². The lowest BCUT2D eigenvalue weighted by Crippen LogP contribution is -2.05. The van der Waals surface area contributed by atoms with E-state index in [1.54, 1.807) is 0 Å². The Hall–Kier alpha value is -0.100. The Labute approximate surface area is 112 Å². The van der Waals surface area contributed by atoms with E-state index in [4.69, 9.17) is 4.74 Å². The van der Waals surface area contributed by atoms with E-state index in [0.717, 1.165) is 10.9 Å². The van der Waals surface area contributed by atoms with Crippen LogP contribution in [0.1, 0.15) is 18.9 Å². The molecule has 0 saturated heterocycles. The van der Waals surface area contributed by atoms with Gasteiger partial charge in [0.25, 0.3) is 0 Å². The van der Waals surface area contributed by atoms with Gasteiger partial charge in [-0.1, -0.05) is 15.9 Å². The lowest BCUT2D eigenvalue weighted by atomic mass is 10.1. The lowest BCUT2D eigenvalue weighted by molar-refractivity contribution is -0.143. The SMILES string of the molecule is CCOC(=O)CCc1cc(Br)ccc1I. The summed E-state index contributed by atoms with van der Waals surface area (Å²) in [4.78, 5) is 11.2. The molecule has 82 valence electrons. The zero-order valence-electron chi connectivity index (χ0n) is 8.43. The maximum Gasteiger partial charge on any atom is 0.306 e. The summed E-state index contributed by atoms with van der Waals surface area (Å²) in [6.07, 6.45) is 1.18. The summed E-state index contributed by atoms with van der Waals surface area (Å²) < 4.78 is 7.10. The van der Waals surface area contributed by atoms with Crippen molar-refractivity contribution in [2.75, 3.05) is 6.61 Å². The van der Waals surface area contributed by atoms with Crippen molar-refractivity contribution in [3.05, 3.63) is 31.8 Å². The zero-order chi connectivity index (χ0) is 11.3. The Bertz CT molecular complexity index is 352. The molecule has 4 heteroatoms. The molecule has 2 nitrogen and oxygen atoms in total. The molecule has 0 saturated carbocycles. The van der Waals surface area contributed by atoms with E-state index in [0.29, 0.717) is 13.0 Å². The highest BCUT2D eigenvalue weighted by atomic mass is 127. The molecule has 15 heavy (non-hydrogen) atoms. The van der Waals surface area contributed by atoms with Crippen molar-refractivity contribution >= 4 is 44.5 Å². The Balaban J connectivity index is 2.57. The summed E-state index contributed by atoms with van der Waals surface area (Å²) in [6.45, 7) is 2.27. The molecule has 0 radical (unpaired) electrons. The summed E-state index contributed by atoms with van der Waals surface area (Å²) in [5, 5.41) is 0. The molecule has 0 unspecified atom stereocenters. The van der Waals surface area contributed by atoms with Crippen LogP contribution in [-0.2, 0) is 16.0 Å². The first kappa shape index (κ1) is 13.0. The largest absolute Gasteiger partial charge is 0.466 e. The van der Waals surface area contributed by atoms with E-state index in [1.807, 2.05) is 25.1 Å². The van der Waals surface area contributed by atoms with Crippen LogP contribution in [-0.4, -0.2) is 12.6 Å². The topological polar surface area (TPSA) is 26.3 Å². The Morgan fingerprint density at radius 1 is 1.53 bits per heavy atom. The summed E-state index contributed by atoms with van der Waals surface area (Å²) in [5.74, 6) is -0.131. The molecule has 0 aliphatic rings. The normalized spacial score (nSPS) is 10.1. The lowest BCUT2D eigenvalue weighted by Gasteiger charge is -2.05. The van der Waals surface area contributed by atoms with E-state index in [2.05, 4.69) is 38.5 Å².